The molecule has 0 bridgehead atoms. The normalized spacial score (nSPS) is 16.5. The summed E-state index contributed by atoms with van der Waals surface area (Å²) in [4.78, 5) is 13.8. The molecule has 1 heterocycles. The van der Waals surface area contributed by atoms with Gasteiger partial charge in [-0.15, -0.1) is 0 Å². The minimum atomic E-state index is -0.785. The van der Waals surface area contributed by atoms with E-state index in [4.69, 9.17) is 0 Å². The molecule has 0 spiro atoms. The van der Waals surface area contributed by atoms with E-state index in [2.05, 4.69) is 5.32 Å². The number of nitrogens with zero attached hydrogens (tertiary/aromatic N) is 1. The van der Waals surface area contributed by atoms with Crippen LogP contribution in [0.15, 0.2) is 12.1 Å². The number of likely N-dealkylation sites (tertiary alicyclic amines) is 1. The molecule has 5 heteroatoms. The van der Waals surface area contributed by atoms with Gasteiger partial charge in [0.05, 0.1) is 0 Å². The second-order valence-electron chi connectivity index (χ2n) is 5.18. The van der Waals surface area contributed by atoms with Crippen molar-refractivity contribution in [3.8, 4) is 0 Å². The first-order valence-electron chi connectivity index (χ1n) is 7.01. The summed E-state index contributed by atoms with van der Waals surface area (Å²) >= 11 is 0. The van der Waals surface area contributed by atoms with E-state index in [9.17, 15) is 13.6 Å². The number of benzene rings is 1. The molecule has 2 rings (SSSR count). The van der Waals surface area contributed by atoms with Crippen molar-refractivity contribution in [3.05, 3.63) is 34.9 Å². The van der Waals surface area contributed by atoms with E-state index in [0.29, 0.717) is 19.1 Å². The first-order chi connectivity index (χ1) is 9.54. The molecular formula is C15H20F2N2O. The quantitative estimate of drug-likeness (QED) is 0.924. The topological polar surface area (TPSA) is 32.3 Å². The minimum Gasteiger partial charge on any atom is -0.338 e. The Labute approximate surface area is 118 Å². The highest BCUT2D eigenvalue weighted by Gasteiger charge is 2.27. The lowest BCUT2D eigenvalue weighted by Crippen LogP contribution is -2.45. The van der Waals surface area contributed by atoms with E-state index < -0.39 is 23.1 Å². The van der Waals surface area contributed by atoms with Gasteiger partial charge in [-0.25, -0.2) is 8.78 Å². The molecule has 3 nitrogen and oxygen atoms in total. The molecule has 0 radical (unpaired) electrons. The highest BCUT2D eigenvalue weighted by molar-refractivity contribution is 5.95. The van der Waals surface area contributed by atoms with Crippen LogP contribution in [0, 0.1) is 18.6 Å². The van der Waals surface area contributed by atoms with Crippen molar-refractivity contribution in [2.75, 3.05) is 19.6 Å². The van der Waals surface area contributed by atoms with E-state index in [1.54, 1.807) is 0 Å². The van der Waals surface area contributed by atoms with E-state index in [0.717, 1.165) is 25.5 Å². The summed E-state index contributed by atoms with van der Waals surface area (Å²) in [6, 6.07) is 2.88. The number of aryl methyl sites for hydroxylation is 1. The molecule has 1 amide bonds. The second-order valence-corrected chi connectivity index (χ2v) is 5.18. The predicted octanol–water partition coefficient (Wildman–Crippen LogP) is 2.49. The molecule has 1 fully saturated rings. The average molecular weight is 282 g/mol. The van der Waals surface area contributed by atoms with Crippen molar-refractivity contribution >= 4 is 5.91 Å². The van der Waals surface area contributed by atoms with Crippen molar-refractivity contribution in [2.24, 2.45) is 0 Å². The lowest BCUT2D eigenvalue weighted by molar-refractivity contribution is 0.0696. The highest BCUT2D eigenvalue weighted by Crippen LogP contribution is 2.20. The Morgan fingerprint density at radius 1 is 1.35 bits per heavy atom. The van der Waals surface area contributed by atoms with Gasteiger partial charge in [0.2, 0.25) is 0 Å². The summed E-state index contributed by atoms with van der Waals surface area (Å²) in [6.07, 6.45) is 1.63. The van der Waals surface area contributed by atoms with Crippen molar-refractivity contribution < 1.29 is 13.6 Å². The molecule has 20 heavy (non-hydrogen) atoms. The Morgan fingerprint density at radius 3 is 2.60 bits per heavy atom. The van der Waals surface area contributed by atoms with E-state index in [1.165, 1.54) is 17.9 Å². The van der Waals surface area contributed by atoms with Gasteiger partial charge in [-0.1, -0.05) is 13.0 Å². The van der Waals surface area contributed by atoms with Gasteiger partial charge in [-0.05, 0) is 37.9 Å². The van der Waals surface area contributed by atoms with Crippen LogP contribution < -0.4 is 5.32 Å². The average Bonchev–Trinajstić information content (AvgIpc) is 2.44. The smallest absolute Gasteiger partial charge is 0.259 e. The molecular weight excluding hydrogens is 262 g/mol. The lowest BCUT2D eigenvalue weighted by Gasteiger charge is -2.32. The summed E-state index contributed by atoms with van der Waals surface area (Å²) < 4.78 is 27.7. The predicted molar refractivity (Wildman–Crippen MR) is 73.7 cm³/mol. The minimum absolute atomic E-state index is 0.289. The molecule has 0 saturated carbocycles. The van der Waals surface area contributed by atoms with Crippen LogP contribution >= 0.6 is 0 Å². The van der Waals surface area contributed by atoms with Crippen LogP contribution in [0.4, 0.5) is 8.78 Å². The zero-order valence-electron chi connectivity index (χ0n) is 11.9. The third kappa shape index (κ3) is 2.98. The fourth-order valence-corrected chi connectivity index (χ4v) is 2.59. The number of hydrogen-bond donors (Lipinski definition) is 1. The van der Waals surface area contributed by atoms with Crippen molar-refractivity contribution in [1.29, 1.82) is 0 Å². The Morgan fingerprint density at radius 2 is 2.00 bits per heavy atom. The summed E-state index contributed by atoms with van der Waals surface area (Å²) in [6.45, 7) is 5.52. The van der Waals surface area contributed by atoms with Gasteiger partial charge in [-0.3, -0.25) is 4.79 Å². The summed E-state index contributed by atoms with van der Waals surface area (Å²) in [5, 5.41) is 3.33. The summed E-state index contributed by atoms with van der Waals surface area (Å²) in [7, 11) is 0. The number of carbonyl (C=O) groups is 1. The van der Waals surface area contributed by atoms with Gasteiger partial charge < -0.3 is 10.2 Å². The molecule has 1 aromatic rings. The first kappa shape index (κ1) is 14.9. The molecule has 1 N–H and O–H groups in total. The van der Waals surface area contributed by atoms with Crippen molar-refractivity contribution in [1.82, 2.24) is 10.2 Å². The maximum Gasteiger partial charge on any atom is 0.259 e. The number of nitrogens with one attached hydrogen (secondary N) is 1. The first-order valence-corrected chi connectivity index (χ1v) is 7.01. The Kier molecular flexibility index (Phi) is 4.70. The van der Waals surface area contributed by atoms with Crippen LogP contribution in [0.1, 0.15) is 35.7 Å². The standard InChI is InChI=1S/C15H20F2N2O/c1-3-18-11-6-8-19(9-7-11)15(20)13-12(16)5-4-10(2)14(13)17/h4-5,11,18H,3,6-9H2,1-2H3. The van der Waals surface area contributed by atoms with Crippen LogP contribution in [-0.4, -0.2) is 36.5 Å². The lowest BCUT2D eigenvalue weighted by atomic mass is 10.0. The van der Waals surface area contributed by atoms with E-state index >= 15 is 0 Å². The summed E-state index contributed by atoms with van der Waals surface area (Å²) in [5.41, 5.74) is -0.135. The molecule has 0 aromatic heterocycles. The number of rotatable bonds is 3. The Hall–Kier alpha value is -1.49. The largest absolute Gasteiger partial charge is 0.338 e. The van der Waals surface area contributed by atoms with Gasteiger partial charge in [0.25, 0.3) is 5.91 Å². The third-order valence-corrected chi connectivity index (χ3v) is 3.77. The van der Waals surface area contributed by atoms with Crippen molar-refractivity contribution in [3.63, 3.8) is 0 Å². The number of piperidine rings is 1. The van der Waals surface area contributed by atoms with Gasteiger partial charge >= 0.3 is 0 Å². The van der Waals surface area contributed by atoms with Gasteiger partial charge in [-0.2, -0.15) is 0 Å². The number of carbonyl (C=O) groups excluding carboxylic acids is 1. The fourth-order valence-electron chi connectivity index (χ4n) is 2.59. The maximum atomic E-state index is 14.0. The van der Waals surface area contributed by atoms with Gasteiger partial charge in [0.15, 0.2) is 0 Å². The van der Waals surface area contributed by atoms with E-state index in [-0.39, 0.29) is 5.56 Å². The van der Waals surface area contributed by atoms with Gasteiger partial charge in [0, 0.05) is 19.1 Å². The number of hydrogen-bond acceptors (Lipinski definition) is 2. The highest BCUT2D eigenvalue weighted by atomic mass is 19.1. The fraction of sp³-hybridized carbons (Fsp3) is 0.533. The van der Waals surface area contributed by atoms with Crippen LogP contribution in [0.3, 0.4) is 0 Å². The maximum absolute atomic E-state index is 14.0. The molecule has 1 aliphatic heterocycles. The van der Waals surface area contributed by atoms with Crippen LogP contribution in [-0.2, 0) is 0 Å². The van der Waals surface area contributed by atoms with Crippen LogP contribution in [0.5, 0.6) is 0 Å². The molecule has 110 valence electrons. The van der Waals surface area contributed by atoms with Crippen LogP contribution in [0.2, 0.25) is 0 Å². The number of amides is 1. The second kappa shape index (κ2) is 6.31. The monoisotopic (exact) mass is 282 g/mol. The molecule has 0 atom stereocenters. The Bertz CT molecular complexity index is 497. The SMILES string of the molecule is CCNC1CCN(C(=O)c2c(F)ccc(C)c2F)CC1. The molecule has 0 aliphatic carbocycles. The molecule has 0 unspecified atom stereocenters. The zero-order chi connectivity index (χ0) is 14.7. The zero-order valence-corrected chi connectivity index (χ0v) is 11.9. The molecule has 1 saturated heterocycles. The third-order valence-electron chi connectivity index (χ3n) is 3.77. The van der Waals surface area contributed by atoms with Crippen molar-refractivity contribution in [2.45, 2.75) is 32.7 Å². The molecule has 1 aromatic carbocycles. The Balaban J connectivity index is 2.12. The van der Waals surface area contributed by atoms with Gasteiger partial charge in [0.1, 0.15) is 17.2 Å². The van der Waals surface area contributed by atoms with Crippen LogP contribution in [0.25, 0.3) is 0 Å². The van der Waals surface area contributed by atoms with E-state index in [1.807, 2.05) is 6.92 Å². The number of halogens is 2. The molecule has 1 aliphatic rings. The summed E-state index contributed by atoms with van der Waals surface area (Å²) in [5.74, 6) is -2.07.